The van der Waals surface area contributed by atoms with Crippen LogP contribution in [0.15, 0.2) is 46.8 Å². The van der Waals surface area contributed by atoms with Crippen molar-refractivity contribution in [1.82, 2.24) is 14.9 Å². The molecule has 224 valence electrons. The van der Waals surface area contributed by atoms with E-state index in [0.29, 0.717) is 30.9 Å². The first-order valence-electron chi connectivity index (χ1n) is 14.2. The molecule has 1 aliphatic heterocycles. The predicted molar refractivity (Wildman–Crippen MR) is 160 cm³/mol. The van der Waals surface area contributed by atoms with Gasteiger partial charge in [0.25, 0.3) is 0 Å². The van der Waals surface area contributed by atoms with Crippen molar-refractivity contribution in [3.8, 4) is 0 Å². The van der Waals surface area contributed by atoms with Crippen molar-refractivity contribution in [3.05, 3.63) is 65.5 Å². The second-order valence-corrected chi connectivity index (χ2v) is 13.5. The van der Waals surface area contributed by atoms with E-state index < -0.39 is 16.0 Å². The van der Waals surface area contributed by atoms with E-state index in [-0.39, 0.29) is 32.7 Å². The molecule has 41 heavy (non-hydrogen) atoms. The number of rotatable bonds is 11. The number of nitrogens with zero attached hydrogens (tertiary/aromatic N) is 6. The first kappa shape index (κ1) is 31.3. The molecule has 1 aromatic carbocycles. The van der Waals surface area contributed by atoms with Crippen molar-refractivity contribution >= 4 is 32.2 Å². The predicted octanol–water partition coefficient (Wildman–Crippen LogP) is 5.77. The molecule has 1 saturated heterocycles. The molecule has 0 unspecified atom stereocenters. The summed E-state index contributed by atoms with van der Waals surface area (Å²) in [7, 11) is -2.19. The summed E-state index contributed by atoms with van der Waals surface area (Å²) in [6, 6.07) is 11.3. The molecule has 0 radical (unpaired) electrons. The Bertz CT molecular complexity index is 1430. The standard InChI is InChI=1S/C29H41F2N6O2S2/c1-7-37(8-2,9-3)36(27-16-12-15-26(31)33-27)41(38,39)29-32-21(4)28(40-29)34(6)23-17-19-35(20-18-23)22(5)24-13-10-11-14-25(24)30/h10-16,22-23H,7-9,17-20H2,1-6H3/q+1/t22-/m1/s1. The number of quaternary nitrogens is 1. The van der Waals surface area contributed by atoms with Gasteiger partial charge in [-0.1, -0.05) is 40.0 Å². The zero-order valence-corrected chi connectivity index (χ0v) is 26.4. The third kappa shape index (κ3) is 6.11. The van der Waals surface area contributed by atoms with Crippen LogP contribution in [-0.2, 0) is 10.0 Å². The Hall–Kier alpha value is -2.67. The molecule has 0 N–H and O–H groups in total. The highest BCUT2D eigenvalue weighted by Crippen LogP contribution is 2.38. The molecule has 1 aliphatic rings. The second-order valence-electron chi connectivity index (χ2n) is 10.6. The molecule has 1 atom stereocenters. The van der Waals surface area contributed by atoms with Gasteiger partial charge in [0.05, 0.1) is 25.3 Å². The van der Waals surface area contributed by atoms with E-state index in [1.54, 1.807) is 6.07 Å². The zero-order chi connectivity index (χ0) is 29.9. The zero-order valence-electron chi connectivity index (χ0n) is 24.7. The lowest BCUT2D eigenvalue weighted by Gasteiger charge is -2.42. The number of thiazole rings is 1. The van der Waals surface area contributed by atoms with Crippen molar-refractivity contribution in [2.24, 2.45) is 0 Å². The molecule has 0 saturated carbocycles. The van der Waals surface area contributed by atoms with Crippen molar-refractivity contribution in [2.75, 3.05) is 49.1 Å². The largest absolute Gasteiger partial charge is 0.362 e. The van der Waals surface area contributed by atoms with Crippen LogP contribution in [0.1, 0.15) is 57.8 Å². The summed E-state index contributed by atoms with van der Waals surface area (Å²) < 4.78 is 58.3. The van der Waals surface area contributed by atoms with Crippen LogP contribution in [0.4, 0.5) is 19.6 Å². The highest BCUT2D eigenvalue weighted by molar-refractivity contribution is 7.94. The van der Waals surface area contributed by atoms with Gasteiger partial charge in [-0.15, -0.1) is 0 Å². The summed E-state index contributed by atoms with van der Waals surface area (Å²) in [5.74, 6) is -0.891. The minimum atomic E-state index is -4.17. The van der Waals surface area contributed by atoms with Crippen molar-refractivity contribution in [3.63, 3.8) is 0 Å². The lowest BCUT2D eigenvalue weighted by atomic mass is 9.99. The lowest BCUT2D eigenvalue weighted by molar-refractivity contribution is -0.921. The first-order valence-corrected chi connectivity index (χ1v) is 16.5. The van der Waals surface area contributed by atoms with Gasteiger partial charge in [-0.3, -0.25) is 4.90 Å². The normalized spacial score (nSPS) is 16.1. The van der Waals surface area contributed by atoms with Crippen LogP contribution in [0, 0.1) is 18.7 Å². The van der Waals surface area contributed by atoms with Gasteiger partial charge in [0.15, 0.2) is 5.82 Å². The van der Waals surface area contributed by atoms with Crippen LogP contribution >= 0.6 is 11.3 Å². The van der Waals surface area contributed by atoms with Gasteiger partial charge in [-0.2, -0.15) is 17.8 Å². The number of sulfonamides is 1. The van der Waals surface area contributed by atoms with Crippen LogP contribution in [0.3, 0.4) is 0 Å². The molecule has 4 rings (SSSR count). The Morgan fingerprint density at radius 2 is 1.66 bits per heavy atom. The van der Waals surface area contributed by atoms with Crippen LogP contribution in [-0.4, -0.2) is 73.7 Å². The monoisotopic (exact) mass is 607 g/mol. The molecule has 0 amide bonds. The molecule has 8 nitrogen and oxygen atoms in total. The van der Waals surface area contributed by atoms with Gasteiger partial charge in [0.2, 0.25) is 10.3 Å². The molecule has 3 aromatic rings. The number of likely N-dealkylation sites (tertiary alicyclic amines) is 1. The maximum absolute atomic E-state index is 14.4. The Morgan fingerprint density at radius 3 is 2.24 bits per heavy atom. The summed E-state index contributed by atoms with van der Waals surface area (Å²) in [6.45, 7) is 12.6. The third-order valence-electron chi connectivity index (χ3n) is 8.52. The van der Waals surface area contributed by atoms with Gasteiger partial charge in [-0.05, 0) is 65.7 Å². The summed E-state index contributed by atoms with van der Waals surface area (Å²) in [5, 5.41) is 0.791. The van der Waals surface area contributed by atoms with Crippen molar-refractivity contribution in [1.29, 1.82) is 0 Å². The molecule has 0 aliphatic carbocycles. The molecular weight excluding hydrogens is 566 g/mol. The maximum atomic E-state index is 14.4. The highest BCUT2D eigenvalue weighted by atomic mass is 32.2. The summed E-state index contributed by atoms with van der Waals surface area (Å²) in [6.07, 6.45) is 1.71. The minimum Gasteiger partial charge on any atom is -0.362 e. The number of aryl methyl sites for hydroxylation is 1. The lowest BCUT2D eigenvalue weighted by Crippen LogP contribution is -2.62. The summed E-state index contributed by atoms with van der Waals surface area (Å²) >= 11 is 1.14. The maximum Gasteiger partial charge on any atom is 0.333 e. The van der Waals surface area contributed by atoms with E-state index in [9.17, 15) is 17.2 Å². The van der Waals surface area contributed by atoms with Crippen molar-refractivity contribution < 1.29 is 21.8 Å². The van der Waals surface area contributed by atoms with Crippen LogP contribution in [0.5, 0.6) is 0 Å². The van der Waals surface area contributed by atoms with E-state index >= 15 is 0 Å². The molecule has 0 spiro atoms. The van der Waals surface area contributed by atoms with Gasteiger partial charge in [0, 0.05) is 37.8 Å². The molecule has 2 aromatic heterocycles. The minimum absolute atomic E-state index is 0.0270. The van der Waals surface area contributed by atoms with Crippen LogP contribution < -0.4 is 9.31 Å². The molecule has 12 heteroatoms. The topological polar surface area (TPSA) is 69.6 Å². The Balaban J connectivity index is 1.59. The number of halogens is 2. The summed E-state index contributed by atoms with van der Waals surface area (Å²) in [5.41, 5.74) is 1.33. The van der Waals surface area contributed by atoms with E-state index in [4.69, 9.17) is 0 Å². The van der Waals surface area contributed by atoms with Gasteiger partial charge >= 0.3 is 10.0 Å². The highest BCUT2D eigenvalue weighted by Gasteiger charge is 2.44. The Kier molecular flexibility index (Phi) is 9.67. The molecular formula is C29H41F2N6O2S2+. The molecule has 3 heterocycles. The number of hydrogen-bond donors (Lipinski definition) is 0. The fraction of sp³-hybridized carbons (Fsp3) is 0.517. The summed E-state index contributed by atoms with van der Waals surface area (Å²) in [4.78, 5) is 12.9. The number of piperidine rings is 1. The fourth-order valence-corrected chi connectivity index (χ4v) is 9.10. The number of benzene rings is 1. The molecule has 0 bridgehead atoms. The number of aromatic nitrogens is 2. The molecule has 1 fully saturated rings. The van der Waals surface area contributed by atoms with E-state index in [2.05, 4.69) is 19.8 Å². The second kappa shape index (κ2) is 12.7. The number of pyridine rings is 1. The first-order chi connectivity index (χ1) is 19.5. The number of anilines is 2. The van der Waals surface area contributed by atoms with Gasteiger partial charge < -0.3 is 4.90 Å². The Morgan fingerprint density at radius 1 is 1.02 bits per heavy atom. The SMILES string of the molecule is CC[N+](CC)(CC)N(c1cccc(F)n1)S(=O)(=O)c1nc(C)c(N(C)C2CCN([C@H](C)c3ccccc3F)CC2)s1. The van der Waals surface area contributed by atoms with E-state index in [1.807, 2.05) is 53.8 Å². The van der Waals surface area contributed by atoms with Crippen molar-refractivity contribution in [2.45, 2.75) is 63.9 Å². The Labute approximate surface area is 246 Å². The van der Waals surface area contributed by atoms with E-state index in [1.165, 1.54) is 28.7 Å². The van der Waals surface area contributed by atoms with E-state index in [0.717, 1.165) is 42.3 Å². The van der Waals surface area contributed by atoms with Gasteiger partial charge in [0.1, 0.15) is 10.8 Å². The van der Waals surface area contributed by atoms with Crippen LogP contribution in [0.25, 0.3) is 0 Å². The smallest absolute Gasteiger partial charge is 0.333 e. The third-order valence-corrected chi connectivity index (χ3v) is 12.0. The quantitative estimate of drug-likeness (QED) is 0.157. The average molecular weight is 608 g/mol. The fourth-order valence-electron chi connectivity index (χ4n) is 5.84. The average Bonchev–Trinajstić information content (AvgIpc) is 3.38. The number of hydrogen-bond acceptors (Lipinski definition) is 7. The van der Waals surface area contributed by atoms with Crippen LogP contribution in [0.2, 0.25) is 0 Å². The van der Waals surface area contributed by atoms with Gasteiger partial charge in [-0.25, -0.2) is 14.0 Å².